The quantitative estimate of drug-likeness (QED) is 0.806. The number of methoxy groups -OCH3 is 1. The van der Waals surface area contributed by atoms with Gasteiger partial charge in [-0.05, 0) is 18.2 Å². The first-order chi connectivity index (χ1) is 9.28. The van der Waals surface area contributed by atoms with E-state index in [9.17, 15) is 0 Å². The summed E-state index contributed by atoms with van der Waals surface area (Å²) in [5.74, 6) is 1.99. The number of hydrogen-bond donors (Lipinski definition) is 1. The zero-order valence-corrected chi connectivity index (χ0v) is 10.7. The molecule has 0 saturated heterocycles. The molecule has 0 saturated carbocycles. The van der Waals surface area contributed by atoms with E-state index >= 15 is 0 Å². The number of ether oxygens (including phenoxy) is 3. The number of nitrogens with two attached hydrogens (primary N) is 1. The lowest BCUT2D eigenvalue weighted by molar-refractivity contribution is 0.211. The second-order valence-corrected chi connectivity index (χ2v) is 3.80. The number of nitrogen functional groups attached to an aromatic ring is 1. The van der Waals surface area contributed by atoms with Crippen molar-refractivity contribution < 1.29 is 14.2 Å². The van der Waals surface area contributed by atoms with Crippen molar-refractivity contribution in [1.29, 1.82) is 0 Å². The van der Waals surface area contributed by atoms with Crippen molar-refractivity contribution in [1.82, 2.24) is 4.98 Å². The van der Waals surface area contributed by atoms with Gasteiger partial charge in [0.2, 0.25) is 5.88 Å². The predicted octanol–water partition coefficient (Wildman–Crippen LogP) is 2.13. The van der Waals surface area contributed by atoms with Crippen LogP contribution in [0.3, 0.4) is 0 Å². The van der Waals surface area contributed by atoms with Crippen molar-refractivity contribution in [2.75, 3.05) is 26.1 Å². The Morgan fingerprint density at radius 3 is 2.63 bits per heavy atom. The van der Waals surface area contributed by atoms with Gasteiger partial charge in [0.15, 0.2) is 0 Å². The Kier molecular flexibility index (Phi) is 4.44. The van der Waals surface area contributed by atoms with Crippen LogP contribution >= 0.6 is 0 Å². The molecule has 0 aliphatic heterocycles. The van der Waals surface area contributed by atoms with Crippen molar-refractivity contribution in [3.63, 3.8) is 0 Å². The molecule has 2 rings (SSSR count). The molecule has 0 unspecified atom stereocenters. The maximum Gasteiger partial charge on any atom is 0.215 e. The van der Waals surface area contributed by atoms with Crippen LogP contribution in [0.1, 0.15) is 0 Å². The van der Waals surface area contributed by atoms with E-state index in [4.69, 9.17) is 19.9 Å². The minimum atomic E-state index is 0.396. The molecule has 2 N–H and O–H groups in total. The minimum Gasteiger partial charge on any atom is -0.497 e. The fourth-order valence-corrected chi connectivity index (χ4v) is 1.50. The normalized spacial score (nSPS) is 9.95. The number of aromatic nitrogens is 1. The van der Waals surface area contributed by atoms with Crippen LogP contribution in [0.4, 0.5) is 5.69 Å². The molecule has 0 spiro atoms. The molecular weight excluding hydrogens is 244 g/mol. The molecule has 0 amide bonds. The van der Waals surface area contributed by atoms with E-state index in [1.165, 1.54) is 0 Å². The van der Waals surface area contributed by atoms with E-state index in [1.807, 2.05) is 24.3 Å². The van der Waals surface area contributed by atoms with Gasteiger partial charge in [-0.15, -0.1) is 0 Å². The Balaban J connectivity index is 1.77. The number of nitrogens with zero attached hydrogens (tertiary/aromatic N) is 1. The van der Waals surface area contributed by atoms with Gasteiger partial charge in [0.1, 0.15) is 24.7 Å². The first kappa shape index (κ1) is 13.0. The Morgan fingerprint density at radius 1 is 1.05 bits per heavy atom. The molecule has 100 valence electrons. The van der Waals surface area contributed by atoms with Crippen molar-refractivity contribution in [2.45, 2.75) is 0 Å². The second kappa shape index (κ2) is 6.49. The Morgan fingerprint density at radius 2 is 1.84 bits per heavy atom. The maximum atomic E-state index is 5.62. The molecule has 1 aromatic carbocycles. The summed E-state index contributed by atoms with van der Waals surface area (Å²) in [4.78, 5) is 4.03. The van der Waals surface area contributed by atoms with E-state index in [1.54, 1.807) is 25.4 Å². The summed E-state index contributed by atoms with van der Waals surface area (Å²) in [6.45, 7) is 0.817. The van der Waals surface area contributed by atoms with E-state index in [-0.39, 0.29) is 0 Å². The number of benzene rings is 1. The molecule has 1 aromatic heterocycles. The Labute approximate surface area is 111 Å². The summed E-state index contributed by atoms with van der Waals surface area (Å²) in [5, 5.41) is 0. The molecule has 1 heterocycles. The molecule has 0 atom stereocenters. The van der Waals surface area contributed by atoms with E-state index in [0.29, 0.717) is 24.8 Å². The van der Waals surface area contributed by atoms with Gasteiger partial charge in [0.25, 0.3) is 0 Å². The summed E-state index contributed by atoms with van der Waals surface area (Å²) < 4.78 is 16.1. The van der Waals surface area contributed by atoms with E-state index in [0.717, 1.165) is 11.5 Å². The van der Waals surface area contributed by atoms with Crippen LogP contribution in [-0.4, -0.2) is 25.3 Å². The molecule has 0 bridgehead atoms. The molecule has 0 radical (unpaired) electrons. The third-order valence-electron chi connectivity index (χ3n) is 2.40. The molecule has 0 aliphatic rings. The highest BCUT2D eigenvalue weighted by molar-refractivity contribution is 5.39. The number of rotatable bonds is 6. The minimum absolute atomic E-state index is 0.396. The average Bonchev–Trinajstić information content (AvgIpc) is 2.44. The smallest absolute Gasteiger partial charge is 0.215 e. The summed E-state index contributed by atoms with van der Waals surface area (Å²) in [6.07, 6.45) is 1.60. The monoisotopic (exact) mass is 260 g/mol. The maximum absolute atomic E-state index is 5.62. The summed E-state index contributed by atoms with van der Waals surface area (Å²) in [6, 6.07) is 10.8. The summed E-state index contributed by atoms with van der Waals surface area (Å²) in [7, 11) is 1.62. The zero-order chi connectivity index (χ0) is 13.5. The fraction of sp³-hybridized carbons (Fsp3) is 0.214. The van der Waals surface area contributed by atoms with Crippen LogP contribution in [0.2, 0.25) is 0 Å². The van der Waals surface area contributed by atoms with Gasteiger partial charge >= 0.3 is 0 Å². The lowest BCUT2D eigenvalue weighted by Crippen LogP contribution is -2.09. The van der Waals surface area contributed by atoms with E-state index in [2.05, 4.69) is 4.98 Å². The SMILES string of the molecule is COc1cccc(OCCOc2cc(N)ccn2)c1. The van der Waals surface area contributed by atoms with Crippen LogP contribution in [0.15, 0.2) is 42.6 Å². The van der Waals surface area contributed by atoms with Gasteiger partial charge in [0, 0.05) is 24.0 Å². The summed E-state index contributed by atoms with van der Waals surface area (Å²) >= 11 is 0. The highest BCUT2D eigenvalue weighted by Gasteiger charge is 1.98. The fourth-order valence-electron chi connectivity index (χ4n) is 1.50. The topological polar surface area (TPSA) is 66.6 Å². The second-order valence-electron chi connectivity index (χ2n) is 3.80. The van der Waals surface area contributed by atoms with Crippen LogP contribution < -0.4 is 19.9 Å². The van der Waals surface area contributed by atoms with Crippen LogP contribution in [-0.2, 0) is 0 Å². The van der Waals surface area contributed by atoms with Crippen LogP contribution in [0.5, 0.6) is 17.4 Å². The molecule has 0 aliphatic carbocycles. The van der Waals surface area contributed by atoms with Crippen LogP contribution in [0, 0.1) is 0 Å². The van der Waals surface area contributed by atoms with Crippen LogP contribution in [0.25, 0.3) is 0 Å². The van der Waals surface area contributed by atoms with Crippen molar-refractivity contribution in [3.8, 4) is 17.4 Å². The number of pyridine rings is 1. The average molecular weight is 260 g/mol. The van der Waals surface area contributed by atoms with Crippen molar-refractivity contribution >= 4 is 5.69 Å². The third kappa shape index (κ3) is 4.06. The first-order valence-electron chi connectivity index (χ1n) is 5.89. The molecule has 5 nitrogen and oxygen atoms in total. The van der Waals surface area contributed by atoms with E-state index < -0.39 is 0 Å². The molecular formula is C14H16N2O3. The lowest BCUT2D eigenvalue weighted by Gasteiger charge is -2.08. The summed E-state index contributed by atoms with van der Waals surface area (Å²) in [5.41, 5.74) is 6.24. The highest BCUT2D eigenvalue weighted by Crippen LogP contribution is 2.18. The van der Waals surface area contributed by atoms with Gasteiger partial charge < -0.3 is 19.9 Å². The Hall–Kier alpha value is -2.43. The van der Waals surface area contributed by atoms with Gasteiger partial charge in [-0.1, -0.05) is 6.07 Å². The van der Waals surface area contributed by atoms with Crippen molar-refractivity contribution in [3.05, 3.63) is 42.6 Å². The van der Waals surface area contributed by atoms with Gasteiger partial charge in [-0.2, -0.15) is 0 Å². The van der Waals surface area contributed by atoms with Gasteiger partial charge in [-0.3, -0.25) is 0 Å². The number of anilines is 1. The number of hydrogen-bond acceptors (Lipinski definition) is 5. The molecule has 2 aromatic rings. The standard InChI is InChI=1S/C14H16N2O3/c1-17-12-3-2-4-13(10-12)18-7-8-19-14-9-11(15)5-6-16-14/h2-6,9-10H,7-8H2,1H3,(H2,15,16). The first-order valence-corrected chi connectivity index (χ1v) is 5.89. The largest absolute Gasteiger partial charge is 0.497 e. The molecule has 19 heavy (non-hydrogen) atoms. The van der Waals surface area contributed by atoms with Crippen molar-refractivity contribution in [2.24, 2.45) is 0 Å². The third-order valence-corrected chi connectivity index (χ3v) is 2.40. The Bertz CT molecular complexity index is 532. The zero-order valence-electron chi connectivity index (χ0n) is 10.7. The van der Waals surface area contributed by atoms with Gasteiger partial charge in [0.05, 0.1) is 7.11 Å². The molecule has 5 heteroatoms. The lowest BCUT2D eigenvalue weighted by atomic mass is 10.3. The predicted molar refractivity (Wildman–Crippen MR) is 72.6 cm³/mol. The molecule has 0 fully saturated rings. The highest BCUT2D eigenvalue weighted by atomic mass is 16.5. The van der Waals surface area contributed by atoms with Gasteiger partial charge in [-0.25, -0.2) is 4.98 Å².